The molecule has 0 aliphatic heterocycles. The summed E-state index contributed by atoms with van der Waals surface area (Å²) in [5.74, 6) is 0.862. The second-order valence-corrected chi connectivity index (χ2v) is 3.76. The molecule has 0 atom stereocenters. The number of rotatable bonds is 6. The van der Waals surface area contributed by atoms with Crippen molar-refractivity contribution < 1.29 is 9.84 Å². The molecule has 0 bridgehead atoms. The lowest BCUT2D eigenvalue weighted by atomic mass is 10.1. The van der Waals surface area contributed by atoms with Crippen LogP contribution in [0.1, 0.15) is 12.5 Å². The van der Waals surface area contributed by atoms with Crippen molar-refractivity contribution in [3.8, 4) is 5.75 Å². The lowest BCUT2D eigenvalue weighted by molar-refractivity contribution is 0.215. The summed E-state index contributed by atoms with van der Waals surface area (Å²) in [4.78, 5) is 2.03. The van der Waals surface area contributed by atoms with Crippen molar-refractivity contribution in [2.45, 2.75) is 13.5 Å². The quantitative estimate of drug-likeness (QED) is 0.710. The molecule has 0 saturated carbocycles. The first-order valence-corrected chi connectivity index (χ1v) is 5.48. The summed E-state index contributed by atoms with van der Waals surface area (Å²) >= 11 is 0. The van der Waals surface area contributed by atoms with Gasteiger partial charge in [0.15, 0.2) is 0 Å². The van der Waals surface area contributed by atoms with Gasteiger partial charge in [0, 0.05) is 24.3 Å². The van der Waals surface area contributed by atoms with Crippen LogP contribution in [-0.4, -0.2) is 36.8 Å². The third-order valence-electron chi connectivity index (χ3n) is 2.31. The van der Waals surface area contributed by atoms with Gasteiger partial charge in [-0.05, 0) is 32.2 Å². The molecule has 1 aromatic rings. The van der Waals surface area contributed by atoms with E-state index in [-0.39, 0.29) is 6.61 Å². The lowest BCUT2D eigenvalue weighted by Gasteiger charge is -2.18. The number of aliphatic hydroxyl groups is 1. The van der Waals surface area contributed by atoms with Gasteiger partial charge in [-0.3, -0.25) is 4.90 Å². The molecular formula is C12H20N2O2. The smallest absolute Gasteiger partial charge is 0.123 e. The SMILES string of the molecule is CCOc1ccc(N)cc1CN(C)CCO. The average molecular weight is 224 g/mol. The third kappa shape index (κ3) is 3.72. The molecule has 0 amide bonds. The van der Waals surface area contributed by atoms with Crippen LogP contribution in [0.3, 0.4) is 0 Å². The highest BCUT2D eigenvalue weighted by atomic mass is 16.5. The van der Waals surface area contributed by atoms with E-state index in [1.807, 2.05) is 37.1 Å². The van der Waals surface area contributed by atoms with Gasteiger partial charge in [0.1, 0.15) is 5.75 Å². The Morgan fingerprint density at radius 2 is 2.19 bits per heavy atom. The predicted molar refractivity (Wildman–Crippen MR) is 65.4 cm³/mol. The molecule has 0 aliphatic rings. The van der Waals surface area contributed by atoms with Gasteiger partial charge in [-0.2, -0.15) is 0 Å². The fraction of sp³-hybridized carbons (Fsp3) is 0.500. The van der Waals surface area contributed by atoms with E-state index in [9.17, 15) is 0 Å². The van der Waals surface area contributed by atoms with Crippen molar-refractivity contribution in [2.24, 2.45) is 0 Å². The van der Waals surface area contributed by atoms with Crippen LogP contribution in [-0.2, 0) is 6.54 Å². The van der Waals surface area contributed by atoms with Crippen molar-refractivity contribution in [3.05, 3.63) is 23.8 Å². The summed E-state index contributed by atoms with van der Waals surface area (Å²) in [6.45, 7) is 4.11. The Balaban J connectivity index is 2.78. The van der Waals surface area contributed by atoms with Gasteiger partial charge in [-0.25, -0.2) is 0 Å². The van der Waals surface area contributed by atoms with Gasteiger partial charge in [-0.1, -0.05) is 0 Å². The predicted octanol–water partition coefficient (Wildman–Crippen LogP) is 1.09. The van der Waals surface area contributed by atoms with Crippen LogP contribution in [0.2, 0.25) is 0 Å². The molecule has 0 unspecified atom stereocenters. The molecule has 1 aromatic carbocycles. The maximum atomic E-state index is 8.84. The van der Waals surface area contributed by atoms with Crippen molar-refractivity contribution in [3.63, 3.8) is 0 Å². The Kier molecular flexibility index (Phi) is 5.08. The highest BCUT2D eigenvalue weighted by molar-refractivity contribution is 5.47. The number of hydrogen-bond acceptors (Lipinski definition) is 4. The zero-order valence-electron chi connectivity index (χ0n) is 9.94. The zero-order valence-corrected chi connectivity index (χ0v) is 9.94. The standard InChI is InChI=1S/C12H20N2O2/c1-3-16-12-5-4-11(13)8-10(12)9-14(2)6-7-15/h4-5,8,15H,3,6-7,9,13H2,1-2H3. The first-order valence-electron chi connectivity index (χ1n) is 5.48. The number of benzene rings is 1. The molecular weight excluding hydrogens is 204 g/mol. The van der Waals surface area contributed by atoms with E-state index in [0.717, 1.165) is 23.5 Å². The van der Waals surface area contributed by atoms with E-state index in [1.165, 1.54) is 0 Å². The molecule has 3 N–H and O–H groups in total. The second kappa shape index (κ2) is 6.35. The first kappa shape index (κ1) is 12.8. The summed E-state index contributed by atoms with van der Waals surface area (Å²) in [6, 6.07) is 5.64. The number of nitrogen functional groups attached to an aromatic ring is 1. The van der Waals surface area contributed by atoms with Crippen molar-refractivity contribution in [1.29, 1.82) is 0 Å². The van der Waals surface area contributed by atoms with Gasteiger partial charge in [0.2, 0.25) is 0 Å². The van der Waals surface area contributed by atoms with Gasteiger partial charge in [0.05, 0.1) is 13.2 Å². The van der Waals surface area contributed by atoms with Crippen LogP contribution >= 0.6 is 0 Å². The largest absolute Gasteiger partial charge is 0.494 e. The Labute approximate surface area is 96.6 Å². The molecule has 90 valence electrons. The summed E-state index contributed by atoms with van der Waals surface area (Å²) in [7, 11) is 1.95. The van der Waals surface area contributed by atoms with Crippen LogP contribution in [0.5, 0.6) is 5.75 Å². The molecule has 0 radical (unpaired) electrons. The molecule has 0 saturated heterocycles. The third-order valence-corrected chi connectivity index (χ3v) is 2.31. The van der Waals surface area contributed by atoms with E-state index in [1.54, 1.807) is 0 Å². The number of aliphatic hydroxyl groups excluding tert-OH is 1. The molecule has 0 aliphatic carbocycles. The molecule has 0 aromatic heterocycles. The van der Waals surface area contributed by atoms with E-state index in [4.69, 9.17) is 15.6 Å². The van der Waals surface area contributed by atoms with Gasteiger partial charge in [-0.15, -0.1) is 0 Å². The van der Waals surface area contributed by atoms with Gasteiger partial charge in [0.25, 0.3) is 0 Å². The Morgan fingerprint density at radius 3 is 2.81 bits per heavy atom. The summed E-state index contributed by atoms with van der Waals surface area (Å²) in [5, 5.41) is 8.84. The fourth-order valence-corrected chi connectivity index (χ4v) is 1.56. The zero-order chi connectivity index (χ0) is 12.0. The fourth-order valence-electron chi connectivity index (χ4n) is 1.56. The highest BCUT2D eigenvalue weighted by Gasteiger charge is 2.06. The molecule has 4 nitrogen and oxygen atoms in total. The average Bonchev–Trinajstić information content (AvgIpc) is 2.22. The van der Waals surface area contributed by atoms with E-state index < -0.39 is 0 Å². The number of hydrogen-bond donors (Lipinski definition) is 2. The van der Waals surface area contributed by atoms with Crippen molar-refractivity contribution >= 4 is 5.69 Å². The minimum atomic E-state index is 0.156. The Bertz CT molecular complexity index is 329. The van der Waals surface area contributed by atoms with Crippen LogP contribution in [0.15, 0.2) is 18.2 Å². The van der Waals surface area contributed by atoms with Gasteiger partial charge < -0.3 is 15.6 Å². The summed E-state index contributed by atoms with van der Waals surface area (Å²) in [6.07, 6.45) is 0. The van der Waals surface area contributed by atoms with E-state index in [0.29, 0.717) is 13.2 Å². The summed E-state index contributed by atoms with van der Waals surface area (Å²) in [5.41, 5.74) is 7.54. The maximum absolute atomic E-state index is 8.84. The number of likely N-dealkylation sites (N-methyl/N-ethyl adjacent to an activating group) is 1. The molecule has 4 heteroatoms. The number of nitrogens with zero attached hydrogens (tertiary/aromatic N) is 1. The Morgan fingerprint density at radius 1 is 1.44 bits per heavy atom. The second-order valence-electron chi connectivity index (χ2n) is 3.76. The molecule has 0 heterocycles. The molecule has 0 spiro atoms. The Hall–Kier alpha value is -1.26. The number of anilines is 1. The lowest BCUT2D eigenvalue weighted by Crippen LogP contribution is -2.22. The number of nitrogens with two attached hydrogens (primary N) is 1. The van der Waals surface area contributed by atoms with Crippen molar-refractivity contribution in [1.82, 2.24) is 4.90 Å². The van der Waals surface area contributed by atoms with Crippen LogP contribution < -0.4 is 10.5 Å². The maximum Gasteiger partial charge on any atom is 0.123 e. The van der Waals surface area contributed by atoms with E-state index >= 15 is 0 Å². The first-order chi connectivity index (χ1) is 7.67. The van der Waals surface area contributed by atoms with E-state index in [2.05, 4.69) is 0 Å². The minimum absolute atomic E-state index is 0.156. The van der Waals surface area contributed by atoms with Crippen LogP contribution in [0, 0.1) is 0 Å². The van der Waals surface area contributed by atoms with Crippen LogP contribution in [0.4, 0.5) is 5.69 Å². The monoisotopic (exact) mass is 224 g/mol. The highest BCUT2D eigenvalue weighted by Crippen LogP contribution is 2.22. The topological polar surface area (TPSA) is 58.7 Å². The molecule has 1 rings (SSSR count). The molecule has 0 fully saturated rings. The minimum Gasteiger partial charge on any atom is -0.494 e. The molecule has 16 heavy (non-hydrogen) atoms. The van der Waals surface area contributed by atoms with Crippen molar-refractivity contribution in [2.75, 3.05) is 32.5 Å². The van der Waals surface area contributed by atoms with Gasteiger partial charge >= 0.3 is 0 Å². The summed E-state index contributed by atoms with van der Waals surface area (Å²) < 4.78 is 5.53. The number of ether oxygens (including phenoxy) is 1. The normalized spacial score (nSPS) is 10.8. The van der Waals surface area contributed by atoms with Crippen LogP contribution in [0.25, 0.3) is 0 Å².